The Morgan fingerprint density at radius 1 is 1.06 bits per heavy atom. The fraction of sp³-hybridized carbons (Fsp3) is 0.364. The third-order valence-corrected chi connectivity index (χ3v) is 9.23. The molecule has 0 spiro atoms. The van der Waals surface area contributed by atoms with Crippen molar-refractivity contribution in [2.75, 3.05) is 18.0 Å². The van der Waals surface area contributed by atoms with Crippen LogP contribution in [0.2, 0.25) is 0 Å². The number of aliphatic hydroxyl groups is 1. The molecule has 5 rings (SSSR count). The molecule has 2 aliphatic rings. The highest BCUT2D eigenvalue weighted by molar-refractivity contribution is 7.89. The smallest absolute Gasteiger partial charge is 0.217 e. The zero-order chi connectivity index (χ0) is 21.4. The molecule has 9 heteroatoms. The Labute approximate surface area is 186 Å². The number of piperidine rings is 1. The molecule has 3 aromatic rings. The number of nitrogens with zero attached hydrogens (tertiary/aromatic N) is 4. The fourth-order valence-corrected chi connectivity index (χ4v) is 6.90. The van der Waals surface area contributed by atoms with Gasteiger partial charge in [-0.3, -0.25) is 4.98 Å². The Morgan fingerprint density at radius 2 is 1.81 bits per heavy atom. The number of thiazole rings is 1. The molecule has 1 atom stereocenters. The predicted molar refractivity (Wildman–Crippen MR) is 120 cm³/mol. The summed E-state index contributed by atoms with van der Waals surface area (Å²) < 4.78 is 28.2. The zero-order valence-corrected chi connectivity index (χ0v) is 18.6. The highest BCUT2D eigenvalue weighted by Gasteiger charge is 2.38. The minimum Gasteiger partial charge on any atom is -0.382 e. The first kappa shape index (κ1) is 20.6. The molecule has 4 heterocycles. The van der Waals surface area contributed by atoms with Gasteiger partial charge >= 0.3 is 0 Å². The second-order valence-electron chi connectivity index (χ2n) is 8.01. The molecule has 0 saturated carbocycles. The van der Waals surface area contributed by atoms with E-state index in [4.69, 9.17) is 0 Å². The van der Waals surface area contributed by atoms with Gasteiger partial charge < -0.3 is 10.0 Å². The molecular weight excluding hydrogens is 432 g/mol. The number of pyridine rings is 1. The van der Waals surface area contributed by atoms with Crippen LogP contribution >= 0.6 is 11.3 Å². The molecule has 162 valence electrons. The average Bonchev–Trinajstić information content (AvgIpc) is 3.49. The summed E-state index contributed by atoms with van der Waals surface area (Å²) in [5.74, 6) is 0. The normalized spacial score (nSPS) is 18.8. The van der Waals surface area contributed by atoms with Crippen molar-refractivity contribution in [1.82, 2.24) is 14.3 Å². The van der Waals surface area contributed by atoms with Gasteiger partial charge in [0.15, 0.2) is 5.13 Å². The topological polar surface area (TPSA) is 86.6 Å². The lowest BCUT2D eigenvalue weighted by molar-refractivity contribution is 0.215. The summed E-state index contributed by atoms with van der Waals surface area (Å²) in [6.45, 7) is 2.08. The van der Waals surface area contributed by atoms with E-state index < -0.39 is 16.1 Å². The molecule has 0 radical (unpaired) electrons. The Bertz CT molecular complexity index is 1140. The molecule has 2 aromatic heterocycles. The third kappa shape index (κ3) is 3.98. The molecule has 0 bridgehead atoms. The zero-order valence-electron chi connectivity index (χ0n) is 17.0. The van der Waals surface area contributed by atoms with Gasteiger partial charge in [-0.25, -0.2) is 13.4 Å². The molecule has 7 nitrogen and oxygen atoms in total. The van der Waals surface area contributed by atoms with E-state index in [2.05, 4.69) is 14.9 Å². The summed E-state index contributed by atoms with van der Waals surface area (Å²) in [5, 5.41) is 13.2. The van der Waals surface area contributed by atoms with Crippen LogP contribution in [0.4, 0.5) is 5.13 Å². The van der Waals surface area contributed by atoms with Crippen LogP contribution in [0, 0.1) is 0 Å². The molecule has 1 unspecified atom stereocenters. The van der Waals surface area contributed by atoms with Crippen LogP contribution in [-0.2, 0) is 23.1 Å². The molecule has 1 fully saturated rings. The van der Waals surface area contributed by atoms with E-state index in [-0.39, 0.29) is 5.25 Å². The number of fused-ring (bicyclic) bond motifs is 1. The lowest BCUT2D eigenvalue weighted by Gasteiger charge is -2.33. The van der Waals surface area contributed by atoms with Crippen molar-refractivity contribution in [1.29, 1.82) is 0 Å². The fourth-order valence-electron chi connectivity index (χ4n) is 4.33. The first-order valence-corrected chi connectivity index (χ1v) is 12.7. The van der Waals surface area contributed by atoms with Crippen molar-refractivity contribution in [3.05, 3.63) is 76.6 Å². The van der Waals surface area contributed by atoms with Crippen molar-refractivity contribution >= 4 is 26.5 Å². The molecule has 1 saturated heterocycles. The Morgan fingerprint density at radius 3 is 2.52 bits per heavy atom. The van der Waals surface area contributed by atoms with Crippen LogP contribution in [0.3, 0.4) is 0 Å². The van der Waals surface area contributed by atoms with Crippen molar-refractivity contribution in [2.24, 2.45) is 0 Å². The van der Waals surface area contributed by atoms with Gasteiger partial charge in [-0.15, -0.1) is 11.3 Å². The standard InChI is InChI=1S/C22H24N4O3S2/c27-21(16-4-2-1-3-5-16)20-12-17-14-26(15-18(17)13-24-20)31(28,29)19-6-9-25(10-7-19)22-23-8-11-30-22/h1-5,8,11-13,19,21,27H,6-7,9-10,14-15H2. The van der Waals surface area contributed by atoms with E-state index in [0.717, 1.165) is 21.8 Å². The average molecular weight is 457 g/mol. The van der Waals surface area contributed by atoms with E-state index >= 15 is 0 Å². The van der Waals surface area contributed by atoms with Crippen LogP contribution in [0.15, 0.2) is 54.2 Å². The number of aromatic nitrogens is 2. The lowest BCUT2D eigenvalue weighted by Crippen LogP contribution is -2.43. The summed E-state index contributed by atoms with van der Waals surface area (Å²) in [6, 6.07) is 11.2. The van der Waals surface area contributed by atoms with Gasteiger partial charge in [0.25, 0.3) is 0 Å². The highest BCUT2D eigenvalue weighted by Crippen LogP contribution is 2.32. The van der Waals surface area contributed by atoms with Gasteiger partial charge in [-0.2, -0.15) is 4.31 Å². The van der Waals surface area contributed by atoms with Crippen molar-refractivity contribution in [3.63, 3.8) is 0 Å². The van der Waals surface area contributed by atoms with E-state index in [1.165, 1.54) is 0 Å². The van der Waals surface area contributed by atoms with Crippen LogP contribution < -0.4 is 4.90 Å². The van der Waals surface area contributed by atoms with Crippen molar-refractivity contribution in [2.45, 2.75) is 37.3 Å². The highest BCUT2D eigenvalue weighted by atomic mass is 32.2. The number of hydrogen-bond donors (Lipinski definition) is 1. The molecule has 1 N–H and O–H groups in total. The number of hydrogen-bond acceptors (Lipinski definition) is 7. The van der Waals surface area contributed by atoms with Crippen LogP contribution in [0.25, 0.3) is 0 Å². The molecule has 31 heavy (non-hydrogen) atoms. The monoisotopic (exact) mass is 456 g/mol. The van der Waals surface area contributed by atoms with Crippen LogP contribution in [-0.4, -0.2) is 46.1 Å². The molecule has 0 aliphatic carbocycles. The number of benzene rings is 1. The SMILES string of the molecule is O=S(=O)(C1CCN(c2nccs2)CC1)N1Cc2cnc(C(O)c3ccccc3)cc2C1. The summed E-state index contributed by atoms with van der Waals surface area (Å²) in [5.41, 5.74) is 3.14. The van der Waals surface area contributed by atoms with Gasteiger partial charge in [0.05, 0.1) is 10.9 Å². The van der Waals surface area contributed by atoms with E-state index in [0.29, 0.717) is 44.7 Å². The van der Waals surface area contributed by atoms with E-state index in [1.807, 2.05) is 41.8 Å². The Hall–Kier alpha value is -2.33. The summed E-state index contributed by atoms with van der Waals surface area (Å²) in [4.78, 5) is 10.9. The summed E-state index contributed by atoms with van der Waals surface area (Å²) in [7, 11) is -3.41. The van der Waals surface area contributed by atoms with Crippen LogP contribution in [0.1, 0.15) is 41.3 Å². The first-order valence-electron chi connectivity index (χ1n) is 10.4. The molecular formula is C22H24N4O3S2. The number of sulfonamides is 1. The first-order chi connectivity index (χ1) is 15.0. The molecule has 0 amide bonds. The second-order valence-corrected chi connectivity index (χ2v) is 11.1. The lowest BCUT2D eigenvalue weighted by atomic mass is 10.0. The van der Waals surface area contributed by atoms with Crippen LogP contribution in [0.5, 0.6) is 0 Å². The predicted octanol–water partition coefficient (Wildman–Crippen LogP) is 2.93. The van der Waals surface area contributed by atoms with Gasteiger partial charge in [0.2, 0.25) is 10.0 Å². The van der Waals surface area contributed by atoms with E-state index in [9.17, 15) is 13.5 Å². The van der Waals surface area contributed by atoms with Gasteiger partial charge in [0.1, 0.15) is 6.10 Å². The van der Waals surface area contributed by atoms with Crippen molar-refractivity contribution < 1.29 is 13.5 Å². The summed E-state index contributed by atoms with van der Waals surface area (Å²) >= 11 is 1.58. The minimum absolute atomic E-state index is 0.335. The van der Waals surface area contributed by atoms with Crippen molar-refractivity contribution in [3.8, 4) is 0 Å². The number of aliphatic hydroxyl groups excluding tert-OH is 1. The third-order valence-electron chi connectivity index (χ3n) is 6.11. The minimum atomic E-state index is -3.41. The van der Waals surface area contributed by atoms with Gasteiger partial charge in [-0.1, -0.05) is 30.3 Å². The Kier molecular flexibility index (Phi) is 5.51. The number of anilines is 1. The van der Waals surface area contributed by atoms with E-state index in [1.54, 1.807) is 28.0 Å². The largest absolute Gasteiger partial charge is 0.382 e. The second kappa shape index (κ2) is 8.31. The number of rotatable bonds is 5. The maximum absolute atomic E-state index is 13.3. The van der Waals surface area contributed by atoms with Gasteiger partial charge in [0, 0.05) is 44.0 Å². The maximum atomic E-state index is 13.3. The quantitative estimate of drug-likeness (QED) is 0.635. The summed E-state index contributed by atoms with van der Waals surface area (Å²) in [6.07, 6.45) is 3.86. The maximum Gasteiger partial charge on any atom is 0.217 e. The molecule has 1 aromatic carbocycles. The molecule has 2 aliphatic heterocycles. The Balaban J connectivity index is 1.28. The van der Waals surface area contributed by atoms with Gasteiger partial charge in [-0.05, 0) is 35.6 Å².